The number of hydrogen-bond donors (Lipinski definition) is 2. The molecule has 1 aromatic heterocycles. The van der Waals surface area contributed by atoms with Crippen molar-refractivity contribution in [2.75, 3.05) is 6.61 Å². The van der Waals surface area contributed by atoms with Crippen molar-refractivity contribution in [3.63, 3.8) is 0 Å². The van der Waals surface area contributed by atoms with E-state index in [1.807, 2.05) is 6.92 Å². The van der Waals surface area contributed by atoms with Crippen LogP contribution in [0.5, 0.6) is 0 Å². The maximum atomic E-state index is 5.59. The number of guanidine groups is 1. The predicted molar refractivity (Wildman–Crippen MR) is 55.3 cm³/mol. The molecule has 6 nitrogen and oxygen atoms in total. The van der Waals surface area contributed by atoms with Crippen LogP contribution in [0.15, 0.2) is 32.8 Å². The van der Waals surface area contributed by atoms with Gasteiger partial charge in [0.05, 0.1) is 12.9 Å². The molecule has 0 fully saturated rings. The van der Waals surface area contributed by atoms with E-state index in [4.69, 9.17) is 14.9 Å². The monoisotopic (exact) mass is 208 g/mol. The summed E-state index contributed by atoms with van der Waals surface area (Å²) < 4.78 is 10.4. The van der Waals surface area contributed by atoms with E-state index in [1.54, 1.807) is 18.4 Å². The number of amidine groups is 1. The van der Waals surface area contributed by atoms with E-state index in [0.29, 0.717) is 18.4 Å². The Labute approximate surface area is 86.8 Å². The van der Waals surface area contributed by atoms with Crippen LogP contribution in [0.25, 0.3) is 0 Å². The van der Waals surface area contributed by atoms with Crippen LogP contribution >= 0.6 is 0 Å². The molecular weight excluding hydrogens is 196 g/mol. The lowest BCUT2D eigenvalue weighted by atomic mass is 10.4. The lowest BCUT2D eigenvalue weighted by Crippen LogP contribution is -2.41. The van der Waals surface area contributed by atoms with Gasteiger partial charge in [-0.2, -0.15) is 4.99 Å². The van der Waals surface area contributed by atoms with Gasteiger partial charge in [-0.1, -0.05) is 0 Å². The smallest absolute Gasteiger partial charge is 0.294 e. The van der Waals surface area contributed by atoms with Gasteiger partial charge >= 0.3 is 0 Å². The van der Waals surface area contributed by atoms with Crippen molar-refractivity contribution < 1.29 is 9.15 Å². The first-order valence-electron chi connectivity index (χ1n) is 4.64. The molecule has 0 radical (unpaired) electrons. The highest BCUT2D eigenvalue weighted by atomic mass is 16.5. The Morgan fingerprint density at radius 2 is 2.47 bits per heavy atom. The molecule has 1 atom stereocenters. The van der Waals surface area contributed by atoms with E-state index in [-0.39, 0.29) is 5.96 Å². The molecule has 1 aromatic rings. The molecule has 6 heteroatoms. The van der Waals surface area contributed by atoms with E-state index in [1.165, 1.54) is 0 Å². The zero-order valence-corrected chi connectivity index (χ0v) is 8.30. The molecule has 1 aliphatic rings. The number of furan rings is 1. The summed E-state index contributed by atoms with van der Waals surface area (Å²) in [4.78, 5) is 8.27. The molecule has 2 heterocycles. The summed E-state index contributed by atoms with van der Waals surface area (Å²) in [6.07, 6.45) is 1.11. The molecule has 0 saturated carbocycles. The summed E-state index contributed by atoms with van der Waals surface area (Å²) in [5.74, 6) is 0.909. The van der Waals surface area contributed by atoms with Crippen LogP contribution in [0.4, 0.5) is 0 Å². The summed E-state index contributed by atoms with van der Waals surface area (Å²) >= 11 is 0. The Kier molecular flexibility index (Phi) is 2.57. The Balaban J connectivity index is 2.20. The average Bonchev–Trinajstić information content (AvgIpc) is 2.70. The third-order valence-electron chi connectivity index (χ3n) is 1.81. The predicted octanol–water partition coefficient (Wildman–Crippen LogP) is 0.589. The molecule has 0 spiro atoms. The normalized spacial score (nSPS) is 20.2. The van der Waals surface area contributed by atoms with E-state index in [2.05, 4.69) is 15.3 Å². The number of nitrogens with one attached hydrogen (secondary N) is 1. The van der Waals surface area contributed by atoms with E-state index < -0.39 is 6.17 Å². The van der Waals surface area contributed by atoms with Crippen LogP contribution in [-0.2, 0) is 4.74 Å². The minimum atomic E-state index is -0.456. The Morgan fingerprint density at radius 3 is 3.13 bits per heavy atom. The van der Waals surface area contributed by atoms with Gasteiger partial charge in [0.2, 0.25) is 6.17 Å². The first kappa shape index (κ1) is 9.57. The van der Waals surface area contributed by atoms with E-state index >= 15 is 0 Å². The van der Waals surface area contributed by atoms with Crippen molar-refractivity contribution in [3.8, 4) is 0 Å². The second-order valence-electron chi connectivity index (χ2n) is 2.90. The van der Waals surface area contributed by atoms with Crippen LogP contribution in [0, 0.1) is 0 Å². The number of nitrogens with two attached hydrogens (primary N) is 1. The van der Waals surface area contributed by atoms with Gasteiger partial charge in [0.1, 0.15) is 0 Å². The number of aliphatic imine (C=N–C) groups is 2. The minimum Gasteiger partial charge on any atom is -0.465 e. The van der Waals surface area contributed by atoms with Crippen LogP contribution in [0.3, 0.4) is 0 Å². The lowest BCUT2D eigenvalue weighted by Gasteiger charge is -2.17. The summed E-state index contributed by atoms with van der Waals surface area (Å²) in [7, 11) is 0. The van der Waals surface area contributed by atoms with Crippen LogP contribution in [0.1, 0.15) is 18.8 Å². The summed E-state index contributed by atoms with van der Waals surface area (Å²) in [5, 5.41) is 2.72. The van der Waals surface area contributed by atoms with Crippen molar-refractivity contribution in [2.24, 2.45) is 15.7 Å². The SMILES string of the molecule is CCOC1=NC(c2ccco2)N=C(N)N1. The van der Waals surface area contributed by atoms with Crippen molar-refractivity contribution >= 4 is 12.0 Å². The zero-order chi connectivity index (χ0) is 10.7. The molecule has 3 N–H and O–H groups in total. The van der Waals surface area contributed by atoms with Crippen molar-refractivity contribution in [3.05, 3.63) is 24.2 Å². The van der Waals surface area contributed by atoms with Gasteiger partial charge in [-0.25, -0.2) is 4.99 Å². The van der Waals surface area contributed by atoms with Gasteiger partial charge in [-0.05, 0) is 19.1 Å². The third kappa shape index (κ3) is 2.09. The van der Waals surface area contributed by atoms with E-state index in [0.717, 1.165) is 0 Å². The molecule has 80 valence electrons. The van der Waals surface area contributed by atoms with Gasteiger partial charge in [0.25, 0.3) is 6.02 Å². The van der Waals surface area contributed by atoms with E-state index in [9.17, 15) is 0 Å². The summed E-state index contributed by atoms with van der Waals surface area (Å²) in [6, 6.07) is 3.94. The van der Waals surface area contributed by atoms with Gasteiger partial charge in [0, 0.05) is 0 Å². The number of ether oxygens (including phenoxy) is 1. The molecule has 15 heavy (non-hydrogen) atoms. The minimum absolute atomic E-state index is 0.273. The fourth-order valence-corrected chi connectivity index (χ4v) is 1.22. The Hall–Kier alpha value is -1.98. The Morgan fingerprint density at radius 1 is 1.60 bits per heavy atom. The third-order valence-corrected chi connectivity index (χ3v) is 1.81. The fourth-order valence-electron chi connectivity index (χ4n) is 1.22. The maximum Gasteiger partial charge on any atom is 0.294 e. The van der Waals surface area contributed by atoms with Crippen molar-refractivity contribution in [1.82, 2.24) is 5.32 Å². The van der Waals surface area contributed by atoms with Crippen molar-refractivity contribution in [1.29, 1.82) is 0 Å². The molecule has 1 unspecified atom stereocenters. The number of hydrogen-bond acceptors (Lipinski definition) is 6. The molecule has 0 bridgehead atoms. The van der Waals surface area contributed by atoms with Crippen LogP contribution in [-0.4, -0.2) is 18.6 Å². The highest BCUT2D eigenvalue weighted by molar-refractivity contribution is 5.96. The number of rotatable bonds is 2. The lowest BCUT2D eigenvalue weighted by molar-refractivity contribution is 0.308. The van der Waals surface area contributed by atoms with Gasteiger partial charge in [-0.15, -0.1) is 0 Å². The quantitative estimate of drug-likeness (QED) is 0.744. The zero-order valence-electron chi connectivity index (χ0n) is 8.30. The van der Waals surface area contributed by atoms with Gasteiger partial charge < -0.3 is 14.9 Å². The second-order valence-corrected chi connectivity index (χ2v) is 2.90. The molecule has 0 aromatic carbocycles. The molecule has 0 saturated heterocycles. The second kappa shape index (κ2) is 4.04. The number of nitrogens with zero attached hydrogens (tertiary/aromatic N) is 2. The largest absolute Gasteiger partial charge is 0.465 e. The summed E-state index contributed by atoms with van der Waals surface area (Å²) in [5.41, 5.74) is 5.59. The van der Waals surface area contributed by atoms with Gasteiger partial charge in [-0.3, -0.25) is 5.32 Å². The molecule has 0 amide bonds. The van der Waals surface area contributed by atoms with Crippen LogP contribution in [0.2, 0.25) is 0 Å². The first-order valence-corrected chi connectivity index (χ1v) is 4.64. The standard InChI is InChI=1S/C9H12N4O2/c1-2-14-9-12-7(11-8(10)13-9)6-4-3-5-15-6/h3-5,7H,2H2,1H3,(H3,10,11,12,13). The van der Waals surface area contributed by atoms with Crippen LogP contribution < -0.4 is 11.1 Å². The summed E-state index contributed by atoms with van der Waals surface area (Å²) in [6.45, 7) is 2.39. The Bertz CT molecular complexity index is 383. The average molecular weight is 208 g/mol. The highest BCUT2D eigenvalue weighted by Gasteiger charge is 2.19. The van der Waals surface area contributed by atoms with Crippen molar-refractivity contribution in [2.45, 2.75) is 13.1 Å². The molecular formula is C9H12N4O2. The topological polar surface area (TPSA) is 85.1 Å². The molecule has 1 aliphatic heterocycles. The fraction of sp³-hybridized carbons (Fsp3) is 0.333. The first-order chi connectivity index (χ1) is 7.29. The molecule has 0 aliphatic carbocycles. The highest BCUT2D eigenvalue weighted by Crippen LogP contribution is 2.20. The molecule has 2 rings (SSSR count). The van der Waals surface area contributed by atoms with Gasteiger partial charge in [0.15, 0.2) is 11.7 Å². The maximum absolute atomic E-state index is 5.59.